The summed E-state index contributed by atoms with van der Waals surface area (Å²) in [5.74, 6) is -1.04. The van der Waals surface area contributed by atoms with Gasteiger partial charge in [0.25, 0.3) is 0 Å². The van der Waals surface area contributed by atoms with Crippen LogP contribution in [0.1, 0.15) is 33.6 Å². The van der Waals surface area contributed by atoms with Gasteiger partial charge in [-0.15, -0.1) is 0 Å². The first-order chi connectivity index (χ1) is 8.64. The third kappa shape index (κ3) is 7.37. The minimum Gasteiger partial charge on any atom is -0.480 e. The number of hydrogen-bond acceptors (Lipinski definition) is 3. The first-order valence-corrected chi connectivity index (χ1v) is 6.42. The number of rotatable bonds is 9. The molecule has 0 aromatic carbocycles. The quantitative estimate of drug-likeness (QED) is 0.681. The minimum absolute atomic E-state index is 0.100. The van der Waals surface area contributed by atoms with Gasteiger partial charge < -0.3 is 10.4 Å². The molecule has 0 aliphatic carbocycles. The van der Waals surface area contributed by atoms with Crippen molar-refractivity contribution >= 4 is 5.97 Å². The largest absolute Gasteiger partial charge is 0.480 e. The maximum Gasteiger partial charge on any atom is 0.401 e. The van der Waals surface area contributed by atoms with Gasteiger partial charge in [-0.25, -0.2) is 0 Å². The van der Waals surface area contributed by atoms with Crippen LogP contribution in [0.5, 0.6) is 0 Å². The summed E-state index contributed by atoms with van der Waals surface area (Å²) in [6.07, 6.45) is -3.53. The van der Waals surface area contributed by atoms with Crippen LogP contribution in [0, 0.1) is 0 Å². The lowest BCUT2D eigenvalue weighted by Crippen LogP contribution is -2.51. The van der Waals surface area contributed by atoms with Crippen LogP contribution in [0.3, 0.4) is 0 Å². The number of nitrogens with one attached hydrogen (secondary N) is 1. The molecule has 0 rings (SSSR count). The van der Waals surface area contributed by atoms with Crippen LogP contribution >= 0.6 is 0 Å². The molecular weight excluding hydrogens is 261 g/mol. The number of carboxylic acids is 1. The summed E-state index contributed by atoms with van der Waals surface area (Å²) in [4.78, 5) is 12.4. The Bertz CT molecular complexity index is 285. The second-order valence-electron chi connectivity index (χ2n) is 4.81. The molecule has 1 unspecified atom stereocenters. The van der Waals surface area contributed by atoms with Gasteiger partial charge in [-0.3, -0.25) is 9.69 Å². The molecule has 1 atom stereocenters. The minimum atomic E-state index is -4.26. The van der Waals surface area contributed by atoms with Crippen molar-refractivity contribution in [3.63, 3.8) is 0 Å². The topological polar surface area (TPSA) is 52.6 Å². The van der Waals surface area contributed by atoms with Gasteiger partial charge in [-0.1, -0.05) is 13.8 Å². The summed E-state index contributed by atoms with van der Waals surface area (Å²) in [6, 6.07) is 0. The highest BCUT2D eigenvalue weighted by Gasteiger charge is 2.35. The van der Waals surface area contributed by atoms with Crippen LogP contribution in [0.4, 0.5) is 13.2 Å². The summed E-state index contributed by atoms with van der Waals surface area (Å²) >= 11 is 0. The first-order valence-electron chi connectivity index (χ1n) is 6.42. The highest BCUT2D eigenvalue weighted by Crippen LogP contribution is 2.18. The third-order valence-electron chi connectivity index (χ3n) is 2.91. The van der Waals surface area contributed by atoms with Crippen molar-refractivity contribution in [3.8, 4) is 0 Å². The molecule has 0 aliphatic rings. The van der Waals surface area contributed by atoms with Gasteiger partial charge in [0.1, 0.15) is 5.54 Å². The lowest BCUT2D eigenvalue weighted by molar-refractivity contribution is -0.148. The average Bonchev–Trinajstić information content (AvgIpc) is 2.24. The molecule has 0 bridgehead atoms. The number of aliphatic carboxylic acids is 1. The Morgan fingerprint density at radius 1 is 1.26 bits per heavy atom. The maximum absolute atomic E-state index is 12.4. The van der Waals surface area contributed by atoms with E-state index < -0.39 is 24.2 Å². The van der Waals surface area contributed by atoms with Gasteiger partial charge in [0.2, 0.25) is 0 Å². The van der Waals surface area contributed by atoms with Crippen molar-refractivity contribution in [2.75, 3.05) is 26.2 Å². The second-order valence-corrected chi connectivity index (χ2v) is 4.81. The molecule has 0 saturated heterocycles. The van der Waals surface area contributed by atoms with Gasteiger partial charge in [-0.05, 0) is 32.9 Å². The molecular formula is C12H23F3N2O2. The van der Waals surface area contributed by atoms with E-state index in [0.29, 0.717) is 19.5 Å². The Hall–Kier alpha value is -0.820. The summed E-state index contributed by atoms with van der Waals surface area (Å²) in [5.41, 5.74) is -1.19. The van der Waals surface area contributed by atoms with E-state index in [1.54, 1.807) is 13.8 Å². The van der Waals surface area contributed by atoms with Gasteiger partial charge in [0.05, 0.1) is 6.54 Å². The third-order valence-corrected chi connectivity index (χ3v) is 2.91. The smallest absolute Gasteiger partial charge is 0.401 e. The van der Waals surface area contributed by atoms with E-state index in [1.807, 2.05) is 0 Å². The van der Waals surface area contributed by atoms with Crippen molar-refractivity contribution in [1.29, 1.82) is 0 Å². The SMILES string of the molecule is CCCN(CCC(C)(NCC)C(=O)O)CC(F)(F)F. The summed E-state index contributed by atoms with van der Waals surface area (Å²) in [5, 5.41) is 11.9. The predicted molar refractivity (Wildman–Crippen MR) is 67.1 cm³/mol. The Balaban J connectivity index is 4.55. The van der Waals surface area contributed by atoms with E-state index in [0.717, 1.165) is 0 Å². The zero-order valence-corrected chi connectivity index (χ0v) is 11.7. The van der Waals surface area contributed by atoms with Crippen LogP contribution in [-0.2, 0) is 4.79 Å². The van der Waals surface area contributed by atoms with Gasteiger partial charge >= 0.3 is 12.1 Å². The summed E-state index contributed by atoms with van der Waals surface area (Å²) < 4.78 is 37.1. The monoisotopic (exact) mass is 284 g/mol. The van der Waals surface area contributed by atoms with E-state index >= 15 is 0 Å². The molecule has 2 N–H and O–H groups in total. The van der Waals surface area contributed by atoms with Crippen LogP contribution in [-0.4, -0.2) is 53.9 Å². The fourth-order valence-electron chi connectivity index (χ4n) is 1.88. The molecule has 0 amide bonds. The fourth-order valence-corrected chi connectivity index (χ4v) is 1.88. The fraction of sp³-hybridized carbons (Fsp3) is 0.917. The van der Waals surface area contributed by atoms with Crippen LogP contribution < -0.4 is 5.32 Å². The Morgan fingerprint density at radius 2 is 1.84 bits per heavy atom. The number of halogens is 3. The van der Waals surface area contributed by atoms with E-state index in [-0.39, 0.29) is 13.0 Å². The summed E-state index contributed by atoms with van der Waals surface area (Å²) in [6.45, 7) is 4.92. The number of hydrogen-bond donors (Lipinski definition) is 2. The standard InChI is InChI=1S/C12H23F3N2O2/c1-4-7-17(9-12(13,14)15)8-6-11(3,10(18)19)16-5-2/h16H,4-9H2,1-3H3,(H,18,19). The lowest BCUT2D eigenvalue weighted by atomic mass is 9.97. The summed E-state index contributed by atoms with van der Waals surface area (Å²) in [7, 11) is 0. The van der Waals surface area contributed by atoms with Crippen molar-refractivity contribution in [2.24, 2.45) is 0 Å². The first kappa shape index (κ1) is 18.2. The molecule has 0 aromatic rings. The Morgan fingerprint density at radius 3 is 2.21 bits per heavy atom. The number of carbonyl (C=O) groups is 1. The highest BCUT2D eigenvalue weighted by atomic mass is 19.4. The highest BCUT2D eigenvalue weighted by molar-refractivity contribution is 5.78. The molecule has 7 heteroatoms. The average molecular weight is 284 g/mol. The van der Waals surface area contributed by atoms with Crippen LogP contribution in [0.25, 0.3) is 0 Å². The number of nitrogens with zero attached hydrogens (tertiary/aromatic N) is 1. The van der Waals surface area contributed by atoms with Gasteiger partial charge in [0.15, 0.2) is 0 Å². The Labute approximate surface area is 112 Å². The molecule has 19 heavy (non-hydrogen) atoms. The molecule has 4 nitrogen and oxygen atoms in total. The molecule has 114 valence electrons. The van der Waals surface area contributed by atoms with Crippen molar-refractivity contribution in [1.82, 2.24) is 10.2 Å². The van der Waals surface area contributed by atoms with E-state index in [9.17, 15) is 18.0 Å². The Kier molecular flexibility index (Phi) is 7.36. The van der Waals surface area contributed by atoms with Crippen molar-refractivity contribution < 1.29 is 23.1 Å². The molecule has 0 fully saturated rings. The number of carboxylic acid groups (broad SMARTS) is 1. The maximum atomic E-state index is 12.4. The number of likely N-dealkylation sites (N-methyl/N-ethyl adjacent to an activating group) is 1. The van der Waals surface area contributed by atoms with E-state index in [4.69, 9.17) is 5.11 Å². The predicted octanol–water partition coefficient (Wildman–Crippen LogP) is 2.10. The molecule has 0 saturated carbocycles. The van der Waals surface area contributed by atoms with Gasteiger partial charge in [0, 0.05) is 6.54 Å². The zero-order valence-electron chi connectivity index (χ0n) is 11.7. The normalized spacial score (nSPS) is 15.5. The van der Waals surface area contributed by atoms with Crippen molar-refractivity contribution in [3.05, 3.63) is 0 Å². The van der Waals surface area contributed by atoms with Gasteiger partial charge in [-0.2, -0.15) is 13.2 Å². The van der Waals surface area contributed by atoms with Crippen molar-refractivity contribution in [2.45, 2.75) is 45.3 Å². The van der Waals surface area contributed by atoms with E-state index in [2.05, 4.69) is 5.32 Å². The van der Waals surface area contributed by atoms with Crippen LogP contribution in [0.15, 0.2) is 0 Å². The molecule has 0 radical (unpaired) electrons. The molecule has 0 aromatic heterocycles. The number of alkyl halides is 3. The zero-order chi connectivity index (χ0) is 15.1. The van der Waals surface area contributed by atoms with Crippen LogP contribution in [0.2, 0.25) is 0 Å². The molecule has 0 spiro atoms. The molecule has 0 heterocycles. The van der Waals surface area contributed by atoms with E-state index in [1.165, 1.54) is 11.8 Å². The molecule has 0 aliphatic heterocycles. The lowest BCUT2D eigenvalue weighted by Gasteiger charge is -2.30. The second kappa shape index (κ2) is 7.69.